The summed E-state index contributed by atoms with van der Waals surface area (Å²) in [4.78, 5) is 12.4. The SMILES string of the molecule is COc1cc(C2Nc3ccccc3-c3cc(SC)ccc3O2)ccc1OCC(C)=O. The second-order valence-corrected chi connectivity index (χ2v) is 7.83. The van der Waals surface area contributed by atoms with E-state index >= 15 is 0 Å². The van der Waals surface area contributed by atoms with Gasteiger partial charge < -0.3 is 19.5 Å². The molecule has 1 unspecified atom stereocenters. The highest BCUT2D eigenvalue weighted by Crippen LogP contribution is 2.43. The van der Waals surface area contributed by atoms with E-state index in [1.165, 1.54) is 11.8 Å². The van der Waals surface area contributed by atoms with Crippen LogP contribution in [0, 0.1) is 0 Å². The molecule has 3 aromatic carbocycles. The number of fused-ring (bicyclic) bond motifs is 3. The standard InChI is InChI=1S/C24H23NO4S/c1-15(26)14-28-22-10-8-16(12-23(22)27-2)24-25-20-7-5-4-6-18(20)19-13-17(30-3)9-11-21(19)29-24/h4-13,24-25H,14H2,1-3H3. The fourth-order valence-electron chi connectivity index (χ4n) is 3.39. The van der Waals surface area contributed by atoms with Crippen molar-refractivity contribution < 1.29 is 19.0 Å². The third kappa shape index (κ3) is 4.09. The van der Waals surface area contributed by atoms with Crippen LogP contribution in [0.1, 0.15) is 18.7 Å². The Bertz CT molecular complexity index is 1080. The number of carbonyl (C=O) groups is 1. The molecule has 1 N–H and O–H groups in total. The summed E-state index contributed by atoms with van der Waals surface area (Å²) in [5.41, 5.74) is 4.04. The summed E-state index contributed by atoms with van der Waals surface area (Å²) < 4.78 is 17.4. The Hall–Kier alpha value is -3.12. The van der Waals surface area contributed by atoms with Crippen LogP contribution in [0.25, 0.3) is 11.1 Å². The Balaban J connectivity index is 1.73. The zero-order valence-electron chi connectivity index (χ0n) is 17.1. The van der Waals surface area contributed by atoms with Crippen molar-refractivity contribution in [3.63, 3.8) is 0 Å². The lowest BCUT2D eigenvalue weighted by atomic mass is 10.0. The summed E-state index contributed by atoms with van der Waals surface area (Å²) in [6, 6.07) is 20.0. The molecule has 30 heavy (non-hydrogen) atoms. The molecule has 0 saturated carbocycles. The average molecular weight is 422 g/mol. The van der Waals surface area contributed by atoms with Gasteiger partial charge >= 0.3 is 0 Å². The van der Waals surface area contributed by atoms with E-state index in [1.54, 1.807) is 24.9 Å². The first-order valence-electron chi connectivity index (χ1n) is 9.60. The van der Waals surface area contributed by atoms with E-state index in [-0.39, 0.29) is 12.4 Å². The molecule has 154 valence electrons. The van der Waals surface area contributed by atoms with Gasteiger partial charge in [-0.15, -0.1) is 11.8 Å². The van der Waals surface area contributed by atoms with Gasteiger partial charge in [-0.3, -0.25) is 4.79 Å². The molecule has 0 radical (unpaired) electrons. The number of ether oxygens (including phenoxy) is 3. The van der Waals surface area contributed by atoms with Gasteiger partial charge in [0.1, 0.15) is 12.4 Å². The molecule has 6 heteroatoms. The number of hydrogen-bond acceptors (Lipinski definition) is 6. The molecule has 0 spiro atoms. The third-order valence-electron chi connectivity index (χ3n) is 4.86. The lowest BCUT2D eigenvalue weighted by molar-refractivity contribution is -0.118. The quantitative estimate of drug-likeness (QED) is 0.526. The molecule has 0 aliphatic carbocycles. The number of thioether (sulfide) groups is 1. The topological polar surface area (TPSA) is 56.8 Å². The monoisotopic (exact) mass is 421 g/mol. The van der Waals surface area contributed by atoms with Crippen molar-refractivity contribution in [1.29, 1.82) is 0 Å². The summed E-state index contributed by atoms with van der Waals surface area (Å²) in [6.07, 6.45) is 1.65. The van der Waals surface area contributed by atoms with Crippen LogP contribution in [-0.2, 0) is 4.79 Å². The predicted octanol–water partition coefficient (Wildman–Crippen LogP) is 5.56. The van der Waals surface area contributed by atoms with Crippen LogP contribution >= 0.6 is 11.8 Å². The number of carbonyl (C=O) groups excluding carboxylic acids is 1. The van der Waals surface area contributed by atoms with Gasteiger partial charge in [-0.05, 0) is 55.6 Å². The molecule has 0 bridgehead atoms. The van der Waals surface area contributed by atoms with Crippen molar-refractivity contribution in [2.75, 3.05) is 25.3 Å². The Kier molecular flexibility index (Phi) is 5.86. The lowest BCUT2D eigenvalue weighted by Crippen LogP contribution is -2.16. The molecule has 1 aliphatic rings. The zero-order chi connectivity index (χ0) is 21.1. The Morgan fingerprint density at radius 3 is 2.67 bits per heavy atom. The van der Waals surface area contributed by atoms with Crippen LogP contribution in [0.2, 0.25) is 0 Å². The van der Waals surface area contributed by atoms with Crippen molar-refractivity contribution in [2.45, 2.75) is 18.0 Å². The largest absolute Gasteiger partial charge is 0.493 e. The van der Waals surface area contributed by atoms with E-state index < -0.39 is 6.23 Å². The molecule has 3 aromatic rings. The first kappa shape index (κ1) is 20.2. The molecule has 0 aromatic heterocycles. The van der Waals surface area contributed by atoms with Crippen molar-refractivity contribution in [1.82, 2.24) is 0 Å². The summed E-state index contributed by atoms with van der Waals surface area (Å²) >= 11 is 1.70. The molecule has 0 amide bonds. The van der Waals surface area contributed by atoms with Crippen molar-refractivity contribution >= 4 is 23.2 Å². The van der Waals surface area contributed by atoms with E-state index in [0.29, 0.717) is 11.5 Å². The second kappa shape index (κ2) is 8.71. The maximum Gasteiger partial charge on any atom is 0.196 e. The molecular weight excluding hydrogens is 398 g/mol. The Morgan fingerprint density at radius 1 is 1.07 bits per heavy atom. The zero-order valence-corrected chi connectivity index (χ0v) is 17.9. The summed E-state index contributed by atoms with van der Waals surface area (Å²) in [5, 5.41) is 3.50. The van der Waals surface area contributed by atoms with Gasteiger partial charge in [0.2, 0.25) is 0 Å². The highest BCUT2D eigenvalue weighted by atomic mass is 32.2. The number of anilines is 1. The number of benzene rings is 3. The Labute approximate surface area is 180 Å². The first-order valence-corrected chi connectivity index (χ1v) is 10.8. The number of methoxy groups -OCH3 is 1. The maximum absolute atomic E-state index is 11.3. The summed E-state index contributed by atoms with van der Waals surface area (Å²) in [6.45, 7) is 1.49. The molecule has 5 nitrogen and oxygen atoms in total. The van der Waals surface area contributed by atoms with Crippen LogP contribution in [0.5, 0.6) is 17.2 Å². The fraction of sp³-hybridized carbons (Fsp3) is 0.208. The highest BCUT2D eigenvalue weighted by molar-refractivity contribution is 7.98. The molecule has 4 rings (SSSR count). The number of hydrogen-bond donors (Lipinski definition) is 1. The van der Waals surface area contributed by atoms with Gasteiger partial charge in [0, 0.05) is 27.3 Å². The maximum atomic E-state index is 11.3. The second-order valence-electron chi connectivity index (χ2n) is 6.95. The number of rotatable bonds is 6. The third-order valence-corrected chi connectivity index (χ3v) is 5.58. The van der Waals surface area contributed by atoms with Crippen LogP contribution in [0.4, 0.5) is 5.69 Å². The van der Waals surface area contributed by atoms with E-state index in [9.17, 15) is 4.79 Å². The average Bonchev–Trinajstić information content (AvgIpc) is 2.94. The Morgan fingerprint density at radius 2 is 1.90 bits per heavy atom. The molecule has 1 atom stereocenters. The van der Waals surface area contributed by atoms with Crippen LogP contribution in [-0.4, -0.2) is 25.8 Å². The van der Waals surface area contributed by atoms with Gasteiger partial charge in [0.15, 0.2) is 23.5 Å². The number of Topliss-reactive ketones (excluding diaryl/α,β-unsaturated/α-hetero) is 1. The van der Waals surface area contributed by atoms with Crippen molar-refractivity contribution in [3.05, 3.63) is 66.2 Å². The minimum absolute atomic E-state index is 0.00636. The van der Waals surface area contributed by atoms with Crippen LogP contribution in [0.3, 0.4) is 0 Å². The molecule has 0 fully saturated rings. The summed E-state index contributed by atoms with van der Waals surface area (Å²) in [5.74, 6) is 1.84. The smallest absolute Gasteiger partial charge is 0.196 e. The minimum atomic E-state index is -0.414. The lowest BCUT2D eigenvalue weighted by Gasteiger charge is -2.21. The molecular formula is C24H23NO4S. The molecule has 1 aliphatic heterocycles. The normalized spacial score (nSPS) is 14.4. The van der Waals surface area contributed by atoms with Crippen LogP contribution < -0.4 is 19.5 Å². The minimum Gasteiger partial charge on any atom is -0.493 e. The van der Waals surface area contributed by atoms with E-state index in [4.69, 9.17) is 14.2 Å². The first-order chi connectivity index (χ1) is 14.6. The number of nitrogens with one attached hydrogen (secondary N) is 1. The molecule has 0 saturated heterocycles. The van der Waals surface area contributed by atoms with Crippen molar-refractivity contribution in [2.24, 2.45) is 0 Å². The van der Waals surface area contributed by atoms with Gasteiger partial charge in [-0.1, -0.05) is 18.2 Å². The predicted molar refractivity (Wildman–Crippen MR) is 120 cm³/mol. The fourth-order valence-corrected chi connectivity index (χ4v) is 3.83. The van der Waals surface area contributed by atoms with E-state index in [0.717, 1.165) is 28.1 Å². The molecule has 1 heterocycles. The van der Waals surface area contributed by atoms with Gasteiger partial charge in [0.25, 0.3) is 0 Å². The van der Waals surface area contributed by atoms with Gasteiger partial charge in [0.05, 0.1) is 7.11 Å². The van der Waals surface area contributed by atoms with E-state index in [1.807, 2.05) is 36.4 Å². The highest BCUT2D eigenvalue weighted by Gasteiger charge is 2.24. The van der Waals surface area contributed by atoms with E-state index in [2.05, 4.69) is 29.8 Å². The number of ketones is 1. The van der Waals surface area contributed by atoms with Crippen LogP contribution in [0.15, 0.2) is 65.6 Å². The van der Waals surface area contributed by atoms with Gasteiger partial charge in [-0.2, -0.15) is 0 Å². The summed E-state index contributed by atoms with van der Waals surface area (Å²) in [7, 11) is 1.58. The van der Waals surface area contributed by atoms with Gasteiger partial charge in [-0.25, -0.2) is 0 Å². The van der Waals surface area contributed by atoms with Crippen molar-refractivity contribution in [3.8, 4) is 28.4 Å². The number of para-hydroxylation sites is 1.